The Balaban J connectivity index is 1.75. The molecule has 4 rings (SSSR count). The lowest BCUT2D eigenvalue weighted by Crippen LogP contribution is -2.31. The van der Waals surface area contributed by atoms with Gasteiger partial charge in [-0.15, -0.1) is 0 Å². The Labute approximate surface area is 184 Å². The van der Waals surface area contributed by atoms with Gasteiger partial charge in [0, 0.05) is 31.7 Å². The van der Waals surface area contributed by atoms with Crippen LogP contribution in [-0.2, 0) is 16.1 Å². The second-order valence-corrected chi connectivity index (χ2v) is 7.61. The molecule has 8 nitrogen and oxygen atoms in total. The number of aryl methyl sites for hydroxylation is 3. The maximum Gasteiger partial charge on any atom is 0.295 e. The molecule has 164 valence electrons. The molecule has 0 aliphatic carbocycles. The van der Waals surface area contributed by atoms with Crippen LogP contribution in [0.4, 0.5) is 4.39 Å². The lowest BCUT2D eigenvalue weighted by Gasteiger charge is -2.25. The molecule has 0 spiro atoms. The third-order valence-corrected chi connectivity index (χ3v) is 5.46. The first-order valence-electron chi connectivity index (χ1n) is 10.2. The third-order valence-electron chi connectivity index (χ3n) is 5.46. The van der Waals surface area contributed by atoms with Crippen LogP contribution in [0.15, 0.2) is 54.8 Å². The van der Waals surface area contributed by atoms with Crippen LogP contribution in [0.5, 0.6) is 0 Å². The van der Waals surface area contributed by atoms with Crippen molar-refractivity contribution in [2.45, 2.75) is 32.9 Å². The molecule has 32 heavy (non-hydrogen) atoms. The fourth-order valence-corrected chi connectivity index (χ4v) is 3.91. The lowest BCUT2D eigenvalue weighted by molar-refractivity contribution is -0.139. The Kier molecular flexibility index (Phi) is 5.81. The number of halogens is 1. The van der Waals surface area contributed by atoms with Crippen LogP contribution >= 0.6 is 0 Å². The molecule has 1 amide bonds. The number of amides is 1. The number of nitrogens with zero attached hydrogens (tertiary/aromatic N) is 5. The van der Waals surface area contributed by atoms with E-state index in [4.69, 9.17) is 0 Å². The van der Waals surface area contributed by atoms with Crippen molar-refractivity contribution in [1.82, 2.24) is 24.4 Å². The van der Waals surface area contributed by atoms with Gasteiger partial charge >= 0.3 is 0 Å². The summed E-state index contributed by atoms with van der Waals surface area (Å²) in [6.07, 6.45) is 7.14. The molecule has 1 unspecified atom stereocenters. The van der Waals surface area contributed by atoms with E-state index < -0.39 is 23.5 Å². The number of imidazole rings is 1. The molecule has 0 saturated carbocycles. The van der Waals surface area contributed by atoms with E-state index >= 15 is 0 Å². The predicted octanol–water partition coefficient (Wildman–Crippen LogP) is 2.94. The van der Waals surface area contributed by atoms with Crippen molar-refractivity contribution in [2.75, 3.05) is 6.54 Å². The Morgan fingerprint density at radius 1 is 1.16 bits per heavy atom. The van der Waals surface area contributed by atoms with Crippen molar-refractivity contribution < 1.29 is 19.1 Å². The number of aromatic nitrogens is 4. The number of benzene rings is 1. The fraction of sp³-hybridized carbons (Fsp3) is 0.261. The number of aliphatic hydroxyl groups excluding tert-OH is 1. The highest BCUT2D eigenvalue weighted by molar-refractivity contribution is 6.46. The first kappa shape index (κ1) is 21.4. The molecule has 1 fully saturated rings. The minimum absolute atomic E-state index is 0.0557. The van der Waals surface area contributed by atoms with Crippen LogP contribution in [-0.4, -0.2) is 47.8 Å². The Bertz CT molecular complexity index is 1190. The quantitative estimate of drug-likeness (QED) is 0.363. The van der Waals surface area contributed by atoms with Crippen LogP contribution in [0.2, 0.25) is 0 Å². The lowest BCUT2D eigenvalue weighted by atomic mass is 9.95. The van der Waals surface area contributed by atoms with E-state index in [2.05, 4.69) is 15.0 Å². The molecule has 9 heteroatoms. The first-order chi connectivity index (χ1) is 15.4. The van der Waals surface area contributed by atoms with E-state index in [0.717, 1.165) is 0 Å². The van der Waals surface area contributed by atoms with Crippen molar-refractivity contribution in [3.05, 3.63) is 83.2 Å². The van der Waals surface area contributed by atoms with Gasteiger partial charge in [-0.25, -0.2) is 19.3 Å². The average molecular weight is 435 g/mol. The summed E-state index contributed by atoms with van der Waals surface area (Å²) in [6, 6.07) is 4.71. The Morgan fingerprint density at radius 3 is 2.56 bits per heavy atom. The SMILES string of the molecule is Cc1ncc(/C(O)=C2\C(=O)C(=O)N(CCCn3ccnc3)C2c2ccc(F)cc2)c(C)n1. The summed E-state index contributed by atoms with van der Waals surface area (Å²) in [5, 5.41) is 11.1. The molecule has 1 saturated heterocycles. The summed E-state index contributed by atoms with van der Waals surface area (Å²) in [6.45, 7) is 4.28. The number of carbonyl (C=O) groups is 2. The molecule has 1 aliphatic rings. The zero-order chi connectivity index (χ0) is 22.8. The van der Waals surface area contributed by atoms with E-state index in [1.165, 1.54) is 35.4 Å². The minimum atomic E-state index is -0.848. The van der Waals surface area contributed by atoms with Gasteiger partial charge in [-0.1, -0.05) is 12.1 Å². The van der Waals surface area contributed by atoms with Crippen molar-refractivity contribution in [1.29, 1.82) is 0 Å². The van der Waals surface area contributed by atoms with Crippen LogP contribution in [0.25, 0.3) is 5.76 Å². The van der Waals surface area contributed by atoms with Crippen molar-refractivity contribution in [3.63, 3.8) is 0 Å². The highest BCUT2D eigenvalue weighted by atomic mass is 19.1. The minimum Gasteiger partial charge on any atom is -0.507 e. The van der Waals surface area contributed by atoms with E-state index in [1.807, 2.05) is 10.8 Å². The van der Waals surface area contributed by atoms with Crippen LogP contribution < -0.4 is 0 Å². The number of aliphatic hydroxyl groups is 1. The van der Waals surface area contributed by atoms with Crippen LogP contribution in [0.1, 0.15) is 35.1 Å². The zero-order valence-electron chi connectivity index (χ0n) is 17.7. The van der Waals surface area contributed by atoms with Crippen molar-refractivity contribution in [2.24, 2.45) is 0 Å². The van der Waals surface area contributed by atoms with Gasteiger partial charge in [-0.3, -0.25) is 9.59 Å². The van der Waals surface area contributed by atoms with Crippen molar-refractivity contribution in [3.8, 4) is 0 Å². The van der Waals surface area contributed by atoms with Gasteiger partial charge in [0.25, 0.3) is 11.7 Å². The van der Waals surface area contributed by atoms with E-state index in [-0.39, 0.29) is 23.4 Å². The van der Waals surface area contributed by atoms with Gasteiger partial charge in [0.15, 0.2) is 0 Å². The fourth-order valence-electron chi connectivity index (χ4n) is 3.91. The normalized spacial score (nSPS) is 17.8. The Hall–Kier alpha value is -3.88. The Morgan fingerprint density at radius 2 is 1.91 bits per heavy atom. The molecule has 0 radical (unpaired) electrons. The summed E-state index contributed by atoms with van der Waals surface area (Å²) >= 11 is 0. The summed E-state index contributed by atoms with van der Waals surface area (Å²) in [5.74, 6) is -1.76. The summed E-state index contributed by atoms with van der Waals surface area (Å²) < 4.78 is 15.4. The van der Waals surface area contributed by atoms with Crippen LogP contribution in [0, 0.1) is 19.7 Å². The van der Waals surface area contributed by atoms with Gasteiger partial charge in [0.2, 0.25) is 0 Å². The third kappa shape index (κ3) is 4.01. The molecule has 1 aromatic carbocycles. The number of rotatable bonds is 6. The molecular weight excluding hydrogens is 413 g/mol. The molecule has 3 heterocycles. The molecule has 2 aromatic heterocycles. The molecule has 1 atom stereocenters. The van der Waals surface area contributed by atoms with E-state index in [0.29, 0.717) is 30.0 Å². The number of Topliss-reactive ketones (excluding diaryl/α,β-unsaturated/α-hetero) is 1. The number of ketones is 1. The van der Waals surface area contributed by atoms with Crippen molar-refractivity contribution >= 4 is 17.4 Å². The maximum atomic E-state index is 13.6. The molecule has 1 N–H and O–H groups in total. The second kappa shape index (κ2) is 8.70. The summed E-state index contributed by atoms with van der Waals surface area (Å²) in [4.78, 5) is 39.7. The molecular formula is C23H22FN5O3. The smallest absolute Gasteiger partial charge is 0.295 e. The number of hydrogen-bond acceptors (Lipinski definition) is 6. The topological polar surface area (TPSA) is 101 Å². The molecule has 0 bridgehead atoms. The first-order valence-corrected chi connectivity index (χ1v) is 10.2. The van der Waals surface area contributed by atoms with Crippen LogP contribution in [0.3, 0.4) is 0 Å². The van der Waals surface area contributed by atoms with Gasteiger partial charge in [0.1, 0.15) is 17.4 Å². The monoisotopic (exact) mass is 435 g/mol. The summed E-state index contributed by atoms with van der Waals surface area (Å²) in [7, 11) is 0. The maximum absolute atomic E-state index is 13.6. The molecule has 1 aliphatic heterocycles. The van der Waals surface area contributed by atoms with Gasteiger partial charge in [-0.2, -0.15) is 0 Å². The van der Waals surface area contributed by atoms with Gasteiger partial charge < -0.3 is 14.6 Å². The summed E-state index contributed by atoms with van der Waals surface area (Å²) in [5.41, 5.74) is 1.23. The average Bonchev–Trinajstić information content (AvgIpc) is 3.36. The zero-order valence-corrected chi connectivity index (χ0v) is 17.7. The second-order valence-electron chi connectivity index (χ2n) is 7.61. The predicted molar refractivity (Wildman–Crippen MR) is 114 cm³/mol. The highest BCUT2D eigenvalue weighted by Crippen LogP contribution is 2.39. The van der Waals surface area contributed by atoms with Gasteiger partial charge in [-0.05, 0) is 38.0 Å². The highest BCUT2D eigenvalue weighted by Gasteiger charge is 2.46. The number of carbonyl (C=O) groups excluding carboxylic acids is 2. The standard InChI is InChI=1S/C23H22FN5O3/c1-14-18(12-26-15(2)27-14)21(30)19-20(16-4-6-17(24)7-5-16)29(23(32)22(19)31)10-3-9-28-11-8-25-13-28/h4-8,11-13,20,30H,3,9-10H2,1-2H3/b21-19+. The number of hydrogen-bond donors (Lipinski definition) is 1. The molecule has 3 aromatic rings. The number of likely N-dealkylation sites (tertiary alicyclic amines) is 1. The largest absolute Gasteiger partial charge is 0.507 e. The van der Waals surface area contributed by atoms with E-state index in [9.17, 15) is 19.1 Å². The van der Waals surface area contributed by atoms with Gasteiger partial charge in [0.05, 0.1) is 29.2 Å². The van der Waals surface area contributed by atoms with E-state index in [1.54, 1.807) is 26.4 Å².